The van der Waals surface area contributed by atoms with Crippen LogP contribution in [-0.4, -0.2) is 63.1 Å². The molecule has 1 unspecified atom stereocenters. The lowest BCUT2D eigenvalue weighted by Gasteiger charge is -2.34. The fourth-order valence-electron chi connectivity index (χ4n) is 1.74. The molecule has 0 aliphatic carbocycles. The monoisotopic (exact) mass is 240 g/mol. The molecule has 0 saturated carbocycles. The number of aliphatic carboxylic acids is 1. The van der Waals surface area contributed by atoms with Crippen molar-refractivity contribution < 1.29 is 19.4 Å². The van der Waals surface area contributed by atoms with Gasteiger partial charge in [-0.1, -0.05) is 0 Å². The molecule has 1 atom stereocenters. The summed E-state index contributed by atoms with van der Waals surface area (Å²) in [6.45, 7) is 0.999. The van der Waals surface area contributed by atoms with E-state index in [2.05, 4.69) is 15.4 Å². The van der Waals surface area contributed by atoms with Crippen LogP contribution in [0, 0.1) is 0 Å². The van der Waals surface area contributed by atoms with E-state index in [4.69, 9.17) is 9.84 Å². The number of hydrogen-bond donors (Lipinski definition) is 2. The smallest absolute Gasteiger partial charge is 0.305 e. The molecular weight excluding hydrogens is 228 g/mol. The molecule has 8 heteroatoms. The SMILES string of the molecule is O=C(O)CC1COCCN1C(=O)c1cn[nH]n1. The van der Waals surface area contributed by atoms with Gasteiger partial charge in [0.2, 0.25) is 0 Å². The molecule has 2 rings (SSSR count). The molecule has 0 spiro atoms. The maximum Gasteiger partial charge on any atom is 0.305 e. The number of aromatic amines is 1. The summed E-state index contributed by atoms with van der Waals surface area (Å²) in [6.07, 6.45) is 1.18. The molecule has 2 N–H and O–H groups in total. The van der Waals surface area contributed by atoms with E-state index in [1.807, 2.05) is 0 Å². The number of ether oxygens (including phenoxy) is 1. The van der Waals surface area contributed by atoms with Gasteiger partial charge in [-0.2, -0.15) is 15.4 Å². The number of carboxylic acid groups (broad SMARTS) is 1. The molecule has 1 aliphatic heterocycles. The van der Waals surface area contributed by atoms with Crippen molar-refractivity contribution in [1.82, 2.24) is 20.3 Å². The molecule has 8 nitrogen and oxygen atoms in total. The lowest BCUT2D eigenvalue weighted by molar-refractivity contribution is -0.139. The number of rotatable bonds is 3. The summed E-state index contributed by atoms with van der Waals surface area (Å²) in [4.78, 5) is 24.2. The lowest BCUT2D eigenvalue weighted by atomic mass is 10.1. The predicted molar refractivity (Wildman–Crippen MR) is 54.3 cm³/mol. The van der Waals surface area contributed by atoms with Crippen molar-refractivity contribution in [2.24, 2.45) is 0 Å². The number of nitrogens with zero attached hydrogens (tertiary/aromatic N) is 3. The highest BCUT2D eigenvalue weighted by molar-refractivity contribution is 5.92. The van der Waals surface area contributed by atoms with Gasteiger partial charge in [-0.15, -0.1) is 0 Å². The Morgan fingerprint density at radius 2 is 2.47 bits per heavy atom. The van der Waals surface area contributed by atoms with Crippen LogP contribution in [0.1, 0.15) is 16.9 Å². The third kappa shape index (κ3) is 2.59. The Morgan fingerprint density at radius 1 is 1.65 bits per heavy atom. The fraction of sp³-hybridized carbons (Fsp3) is 0.556. The fourth-order valence-corrected chi connectivity index (χ4v) is 1.74. The van der Waals surface area contributed by atoms with E-state index in [9.17, 15) is 9.59 Å². The molecule has 0 radical (unpaired) electrons. The minimum Gasteiger partial charge on any atom is -0.481 e. The van der Waals surface area contributed by atoms with Crippen LogP contribution < -0.4 is 0 Å². The molecule has 1 amide bonds. The van der Waals surface area contributed by atoms with Crippen LogP contribution >= 0.6 is 0 Å². The van der Waals surface area contributed by atoms with Crippen LogP contribution in [0.3, 0.4) is 0 Å². The summed E-state index contributed by atoms with van der Waals surface area (Å²) in [6, 6.07) is -0.453. The summed E-state index contributed by atoms with van der Waals surface area (Å²) in [5.41, 5.74) is 0.183. The van der Waals surface area contributed by atoms with Crippen molar-refractivity contribution in [3.05, 3.63) is 11.9 Å². The second-order valence-electron chi connectivity index (χ2n) is 3.68. The number of aromatic nitrogens is 3. The van der Waals surface area contributed by atoms with Crippen molar-refractivity contribution in [3.8, 4) is 0 Å². The van der Waals surface area contributed by atoms with Crippen LogP contribution in [0.5, 0.6) is 0 Å². The molecule has 2 heterocycles. The normalized spacial score (nSPS) is 20.2. The maximum absolute atomic E-state index is 12.0. The minimum atomic E-state index is -0.960. The number of carbonyl (C=O) groups excluding carboxylic acids is 1. The number of carbonyl (C=O) groups is 2. The molecule has 1 saturated heterocycles. The molecule has 1 aromatic heterocycles. The molecule has 1 aliphatic rings. The van der Waals surface area contributed by atoms with Crippen LogP contribution in [0.4, 0.5) is 0 Å². The van der Waals surface area contributed by atoms with E-state index >= 15 is 0 Å². The van der Waals surface area contributed by atoms with E-state index in [1.165, 1.54) is 11.1 Å². The van der Waals surface area contributed by atoms with Crippen molar-refractivity contribution in [2.75, 3.05) is 19.8 Å². The number of amides is 1. The summed E-state index contributed by atoms with van der Waals surface area (Å²) in [7, 11) is 0. The van der Waals surface area contributed by atoms with Gasteiger partial charge in [0.15, 0.2) is 5.69 Å². The molecule has 92 valence electrons. The summed E-state index contributed by atoms with van der Waals surface area (Å²) >= 11 is 0. The second-order valence-corrected chi connectivity index (χ2v) is 3.68. The van der Waals surface area contributed by atoms with Gasteiger partial charge >= 0.3 is 5.97 Å². The highest BCUT2D eigenvalue weighted by atomic mass is 16.5. The lowest BCUT2D eigenvalue weighted by Crippen LogP contribution is -2.49. The van der Waals surface area contributed by atoms with Gasteiger partial charge < -0.3 is 14.7 Å². The zero-order valence-corrected chi connectivity index (χ0v) is 9.00. The predicted octanol–water partition coefficient (Wildman–Crippen LogP) is -0.880. The molecule has 0 aromatic carbocycles. The summed E-state index contributed by atoms with van der Waals surface area (Å²) in [5.74, 6) is -1.29. The molecule has 1 fully saturated rings. The van der Waals surface area contributed by atoms with Crippen LogP contribution in [0.25, 0.3) is 0 Å². The highest BCUT2D eigenvalue weighted by Crippen LogP contribution is 2.13. The first-order chi connectivity index (χ1) is 8.18. The number of H-pyrrole nitrogens is 1. The Morgan fingerprint density at radius 3 is 3.12 bits per heavy atom. The first-order valence-electron chi connectivity index (χ1n) is 5.14. The molecule has 1 aromatic rings. The number of carboxylic acids is 1. The third-order valence-corrected chi connectivity index (χ3v) is 2.53. The van der Waals surface area contributed by atoms with E-state index < -0.39 is 12.0 Å². The molecular formula is C9H12N4O4. The quantitative estimate of drug-likeness (QED) is 0.710. The Bertz CT molecular complexity index is 405. The zero-order valence-electron chi connectivity index (χ0n) is 9.00. The van der Waals surface area contributed by atoms with Crippen LogP contribution in [0.2, 0.25) is 0 Å². The topological polar surface area (TPSA) is 108 Å². The van der Waals surface area contributed by atoms with Crippen LogP contribution in [-0.2, 0) is 9.53 Å². The van der Waals surface area contributed by atoms with Gasteiger partial charge in [0.1, 0.15) is 0 Å². The van der Waals surface area contributed by atoms with Crippen LogP contribution in [0.15, 0.2) is 6.20 Å². The largest absolute Gasteiger partial charge is 0.481 e. The average Bonchev–Trinajstić information content (AvgIpc) is 2.81. The second kappa shape index (κ2) is 4.91. The first kappa shape index (κ1) is 11.5. The van der Waals surface area contributed by atoms with Gasteiger partial charge in [0.05, 0.1) is 31.9 Å². The summed E-state index contributed by atoms with van der Waals surface area (Å²) < 4.78 is 5.18. The number of morpholine rings is 1. The first-order valence-corrected chi connectivity index (χ1v) is 5.14. The van der Waals surface area contributed by atoms with E-state index in [0.717, 1.165) is 0 Å². The standard InChI is InChI=1S/C9H12N4O4/c14-8(15)3-6-5-17-2-1-13(6)9(16)7-4-10-12-11-7/h4,6H,1-3,5H2,(H,14,15)(H,10,11,12). The molecule has 0 bridgehead atoms. The number of nitrogens with one attached hydrogen (secondary N) is 1. The van der Waals surface area contributed by atoms with Crippen molar-refractivity contribution in [1.29, 1.82) is 0 Å². The van der Waals surface area contributed by atoms with Crippen molar-refractivity contribution in [2.45, 2.75) is 12.5 Å². The summed E-state index contributed by atoms with van der Waals surface area (Å²) in [5, 5.41) is 18.4. The van der Waals surface area contributed by atoms with Gasteiger partial charge in [-0.3, -0.25) is 9.59 Å². The Hall–Kier alpha value is -1.96. The zero-order chi connectivity index (χ0) is 12.3. The Labute approximate surface area is 96.6 Å². The minimum absolute atomic E-state index is 0.135. The van der Waals surface area contributed by atoms with Crippen molar-refractivity contribution in [3.63, 3.8) is 0 Å². The molecule has 17 heavy (non-hydrogen) atoms. The third-order valence-electron chi connectivity index (χ3n) is 2.53. The van der Waals surface area contributed by atoms with Crippen molar-refractivity contribution >= 4 is 11.9 Å². The Kier molecular flexibility index (Phi) is 3.33. The highest BCUT2D eigenvalue weighted by Gasteiger charge is 2.30. The van der Waals surface area contributed by atoms with Gasteiger partial charge in [-0.25, -0.2) is 0 Å². The van der Waals surface area contributed by atoms with E-state index in [-0.39, 0.29) is 24.6 Å². The average molecular weight is 240 g/mol. The van der Waals surface area contributed by atoms with E-state index in [1.54, 1.807) is 0 Å². The Balaban J connectivity index is 2.10. The number of hydrogen-bond acceptors (Lipinski definition) is 5. The van der Waals surface area contributed by atoms with Gasteiger partial charge in [-0.05, 0) is 0 Å². The van der Waals surface area contributed by atoms with Gasteiger partial charge in [0, 0.05) is 6.54 Å². The van der Waals surface area contributed by atoms with Gasteiger partial charge in [0.25, 0.3) is 5.91 Å². The van der Waals surface area contributed by atoms with E-state index in [0.29, 0.717) is 13.2 Å². The maximum atomic E-state index is 12.0.